The number of imidazole rings is 1. The third-order valence-electron chi connectivity index (χ3n) is 3.48. The number of aromatic nitrogens is 3. The van der Waals surface area contributed by atoms with Crippen molar-refractivity contribution in [2.75, 3.05) is 5.73 Å². The minimum absolute atomic E-state index is 0.129. The van der Waals surface area contributed by atoms with Crippen molar-refractivity contribution in [2.45, 2.75) is 26.2 Å². The van der Waals surface area contributed by atoms with Gasteiger partial charge in [-0.1, -0.05) is 32.9 Å². The molecule has 1 aromatic carbocycles. The van der Waals surface area contributed by atoms with Crippen LogP contribution in [0.3, 0.4) is 0 Å². The zero-order valence-corrected chi connectivity index (χ0v) is 13.8. The van der Waals surface area contributed by atoms with Gasteiger partial charge < -0.3 is 5.73 Å². The zero-order chi connectivity index (χ0) is 15.2. The highest BCUT2D eigenvalue weighted by Crippen LogP contribution is 2.26. The van der Waals surface area contributed by atoms with Crippen LogP contribution in [0.15, 0.2) is 41.0 Å². The molecule has 0 atom stereocenters. The van der Waals surface area contributed by atoms with Crippen molar-refractivity contribution in [3.8, 4) is 5.69 Å². The van der Waals surface area contributed by atoms with Crippen LogP contribution in [0.4, 0.5) is 5.95 Å². The Morgan fingerprint density at radius 2 is 1.81 bits per heavy atom. The van der Waals surface area contributed by atoms with Gasteiger partial charge in [0.15, 0.2) is 5.65 Å². The Bertz CT molecular complexity index is 797. The number of hydrogen-bond donors (Lipinski definition) is 1. The fourth-order valence-electron chi connectivity index (χ4n) is 2.32. The van der Waals surface area contributed by atoms with Crippen LogP contribution in [0.2, 0.25) is 0 Å². The first kappa shape index (κ1) is 14.1. The van der Waals surface area contributed by atoms with E-state index in [9.17, 15) is 0 Å². The lowest BCUT2D eigenvalue weighted by Crippen LogP contribution is -2.11. The molecule has 0 radical (unpaired) electrons. The molecule has 0 spiro atoms. The Morgan fingerprint density at radius 3 is 2.43 bits per heavy atom. The summed E-state index contributed by atoms with van der Waals surface area (Å²) in [6.07, 6.45) is 1.75. The summed E-state index contributed by atoms with van der Waals surface area (Å²) in [5.74, 6) is 0.444. The second-order valence-corrected chi connectivity index (χ2v) is 7.01. The number of nitrogens with two attached hydrogens (primary N) is 1. The summed E-state index contributed by atoms with van der Waals surface area (Å²) >= 11 is 3.40. The molecular formula is C16H17BrN4. The van der Waals surface area contributed by atoms with E-state index >= 15 is 0 Å². The standard InChI is InChI=1S/C16H17BrN4/c1-16(2,3)10-4-6-12(7-5-10)21-14-13(20-15(21)18)8-11(17)9-19-14/h4-9H,1-3H3,(H2,18,20). The van der Waals surface area contributed by atoms with E-state index in [2.05, 4.69) is 70.9 Å². The summed E-state index contributed by atoms with van der Waals surface area (Å²) in [6.45, 7) is 6.59. The molecule has 2 heterocycles. The van der Waals surface area contributed by atoms with E-state index in [1.54, 1.807) is 6.20 Å². The normalized spacial score (nSPS) is 12.0. The SMILES string of the molecule is CC(C)(C)c1ccc(-n2c(N)nc3cc(Br)cnc32)cc1. The zero-order valence-electron chi connectivity index (χ0n) is 12.3. The van der Waals surface area contributed by atoms with E-state index in [0.717, 1.165) is 21.3 Å². The molecule has 0 bridgehead atoms. The lowest BCUT2D eigenvalue weighted by molar-refractivity contribution is 0.590. The molecule has 0 amide bonds. The van der Waals surface area contributed by atoms with Crippen molar-refractivity contribution in [1.82, 2.24) is 14.5 Å². The van der Waals surface area contributed by atoms with Gasteiger partial charge in [0, 0.05) is 10.7 Å². The minimum Gasteiger partial charge on any atom is -0.369 e. The summed E-state index contributed by atoms with van der Waals surface area (Å²) in [5.41, 5.74) is 9.98. The number of pyridine rings is 1. The molecule has 21 heavy (non-hydrogen) atoms. The molecule has 3 aromatic rings. The number of anilines is 1. The van der Waals surface area contributed by atoms with E-state index in [1.807, 2.05) is 10.6 Å². The maximum Gasteiger partial charge on any atom is 0.207 e. The maximum atomic E-state index is 6.06. The minimum atomic E-state index is 0.129. The molecule has 0 saturated carbocycles. The van der Waals surface area contributed by atoms with Gasteiger partial charge in [0.1, 0.15) is 5.52 Å². The number of rotatable bonds is 1. The van der Waals surface area contributed by atoms with Gasteiger partial charge >= 0.3 is 0 Å². The molecule has 0 saturated heterocycles. The molecule has 0 aliphatic rings. The highest BCUT2D eigenvalue weighted by Gasteiger charge is 2.15. The fourth-order valence-corrected chi connectivity index (χ4v) is 2.64. The third-order valence-corrected chi connectivity index (χ3v) is 3.91. The average Bonchev–Trinajstić information content (AvgIpc) is 2.73. The Balaban J connectivity index is 2.14. The summed E-state index contributed by atoms with van der Waals surface area (Å²) in [6, 6.07) is 10.3. The average molecular weight is 345 g/mol. The summed E-state index contributed by atoms with van der Waals surface area (Å²) < 4.78 is 2.76. The Labute approximate surface area is 132 Å². The van der Waals surface area contributed by atoms with Crippen molar-refractivity contribution in [3.63, 3.8) is 0 Å². The van der Waals surface area contributed by atoms with Gasteiger partial charge in [-0.3, -0.25) is 4.57 Å². The predicted octanol–water partition coefficient (Wildman–Crippen LogP) is 4.06. The summed E-state index contributed by atoms with van der Waals surface area (Å²) in [4.78, 5) is 8.79. The molecule has 0 aliphatic heterocycles. The topological polar surface area (TPSA) is 56.7 Å². The van der Waals surface area contributed by atoms with Gasteiger partial charge in [0.05, 0.1) is 5.69 Å². The van der Waals surface area contributed by atoms with Gasteiger partial charge in [-0.25, -0.2) is 9.97 Å². The summed E-state index contributed by atoms with van der Waals surface area (Å²) in [5, 5.41) is 0. The fraction of sp³-hybridized carbons (Fsp3) is 0.250. The third kappa shape index (κ3) is 2.53. The molecule has 2 aromatic heterocycles. The molecule has 5 heteroatoms. The molecule has 0 unspecified atom stereocenters. The highest BCUT2D eigenvalue weighted by molar-refractivity contribution is 9.10. The van der Waals surface area contributed by atoms with Crippen LogP contribution in [0, 0.1) is 0 Å². The molecule has 0 aliphatic carbocycles. The Hall–Kier alpha value is -1.88. The van der Waals surface area contributed by atoms with Gasteiger partial charge in [-0.05, 0) is 45.1 Å². The number of nitrogen functional groups attached to an aromatic ring is 1. The molecular weight excluding hydrogens is 328 g/mol. The van der Waals surface area contributed by atoms with Crippen LogP contribution >= 0.6 is 15.9 Å². The van der Waals surface area contributed by atoms with Gasteiger partial charge in [0.2, 0.25) is 5.95 Å². The van der Waals surface area contributed by atoms with Crippen LogP contribution in [0.25, 0.3) is 16.9 Å². The molecule has 4 nitrogen and oxygen atoms in total. The van der Waals surface area contributed by atoms with Crippen LogP contribution in [0.1, 0.15) is 26.3 Å². The van der Waals surface area contributed by atoms with Crippen molar-refractivity contribution in [1.29, 1.82) is 0 Å². The lowest BCUT2D eigenvalue weighted by Gasteiger charge is -2.19. The van der Waals surface area contributed by atoms with Gasteiger partial charge in [-0.2, -0.15) is 0 Å². The first-order valence-corrected chi connectivity index (χ1v) is 7.56. The largest absolute Gasteiger partial charge is 0.369 e. The number of halogens is 1. The summed E-state index contributed by atoms with van der Waals surface area (Å²) in [7, 11) is 0. The second kappa shape index (κ2) is 4.84. The smallest absolute Gasteiger partial charge is 0.207 e. The van der Waals surface area contributed by atoms with Crippen LogP contribution in [-0.2, 0) is 5.41 Å². The monoisotopic (exact) mass is 344 g/mol. The quantitative estimate of drug-likeness (QED) is 0.724. The van der Waals surface area contributed by atoms with Crippen molar-refractivity contribution < 1.29 is 0 Å². The van der Waals surface area contributed by atoms with Gasteiger partial charge in [0.25, 0.3) is 0 Å². The number of fused-ring (bicyclic) bond motifs is 1. The number of hydrogen-bond acceptors (Lipinski definition) is 3. The van der Waals surface area contributed by atoms with E-state index < -0.39 is 0 Å². The molecule has 0 fully saturated rings. The van der Waals surface area contributed by atoms with Crippen molar-refractivity contribution in [2.24, 2.45) is 0 Å². The maximum absolute atomic E-state index is 6.06. The van der Waals surface area contributed by atoms with Crippen LogP contribution in [0.5, 0.6) is 0 Å². The van der Waals surface area contributed by atoms with E-state index in [4.69, 9.17) is 5.73 Å². The van der Waals surface area contributed by atoms with Crippen molar-refractivity contribution >= 4 is 33.0 Å². The number of benzene rings is 1. The van der Waals surface area contributed by atoms with E-state index in [1.165, 1.54) is 5.56 Å². The van der Waals surface area contributed by atoms with Crippen molar-refractivity contribution in [3.05, 3.63) is 46.6 Å². The molecule has 108 valence electrons. The first-order chi connectivity index (χ1) is 9.86. The Morgan fingerprint density at radius 1 is 1.14 bits per heavy atom. The van der Waals surface area contributed by atoms with E-state index in [-0.39, 0.29) is 5.41 Å². The molecule has 3 rings (SSSR count). The van der Waals surface area contributed by atoms with Gasteiger partial charge in [-0.15, -0.1) is 0 Å². The number of nitrogens with zero attached hydrogens (tertiary/aromatic N) is 3. The molecule has 2 N–H and O–H groups in total. The predicted molar refractivity (Wildman–Crippen MR) is 89.7 cm³/mol. The van der Waals surface area contributed by atoms with Crippen LogP contribution in [-0.4, -0.2) is 14.5 Å². The second-order valence-electron chi connectivity index (χ2n) is 6.10. The van der Waals surface area contributed by atoms with Crippen LogP contribution < -0.4 is 5.73 Å². The first-order valence-electron chi connectivity index (χ1n) is 6.76. The highest BCUT2D eigenvalue weighted by atomic mass is 79.9. The lowest BCUT2D eigenvalue weighted by atomic mass is 9.87. The Kier molecular flexibility index (Phi) is 3.24. The van der Waals surface area contributed by atoms with E-state index in [0.29, 0.717) is 5.95 Å².